The fourth-order valence-corrected chi connectivity index (χ4v) is 2.52. The third kappa shape index (κ3) is 3.06. The number of hydrogen-bond acceptors (Lipinski definition) is 3. The summed E-state index contributed by atoms with van der Waals surface area (Å²) in [5.41, 5.74) is 0.119. The summed E-state index contributed by atoms with van der Waals surface area (Å²) < 4.78 is 0. The van der Waals surface area contributed by atoms with Gasteiger partial charge in [0.2, 0.25) is 0 Å². The second-order valence-corrected chi connectivity index (χ2v) is 5.90. The molecule has 98 valence electrons. The lowest BCUT2D eigenvalue weighted by Crippen LogP contribution is -2.45. The average Bonchev–Trinajstić information content (AvgIpc) is 2.38. The van der Waals surface area contributed by atoms with Gasteiger partial charge < -0.3 is 10.0 Å². The number of carbonyl (C=O) groups is 1. The first kappa shape index (κ1) is 13.4. The molecule has 1 aliphatic rings. The first-order chi connectivity index (χ1) is 8.52. The van der Waals surface area contributed by atoms with Crippen LogP contribution in [0.25, 0.3) is 0 Å². The average molecular weight is 265 g/mol. The van der Waals surface area contributed by atoms with Crippen molar-refractivity contribution in [3.05, 3.63) is 29.8 Å². The summed E-state index contributed by atoms with van der Waals surface area (Å²) in [5.74, 6) is 0.0677. The molecule has 0 unspecified atom stereocenters. The number of carbonyl (C=O) groups excluding carboxylic acids is 1. The Kier molecular flexibility index (Phi) is 3.97. The predicted molar refractivity (Wildman–Crippen MR) is 74.0 cm³/mol. The number of likely N-dealkylation sites (tertiary alicyclic amines) is 1. The summed E-state index contributed by atoms with van der Waals surface area (Å²) in [5, 5.41) is 9.87. The van der Waals surface area contributed by atoms with Crippen molar-refractivity contribution >= 4 is 17.7 Å². The maximum Gasteiger partial charge on any atom is 0.253 e. The lowest BCUT2D eigenvalue weighted by atomic mass is 9.93. The molecule has 1 aromatic rings. The van der Waals surface area contributed by atoms with Crippen LogP contribution in [0.4, 0.5) is 0 Å². The fraction of sp³-hybridized carbons (Fsp3) is 0.500. The topological polar surface area (TPSA) is 40.5 Å². The van der Waals surface area contributed by atoms with Crippen molar-refractivity contribution in [3.8, 4) is 0 Å². The van der Waals surface area contributed by atoms with Gasteiger partial charge in [-0.15, -0.1) is 11.8 Å². The molecule has 1 N–H and O–H groups in total. The second kappa shape index (κ2) is 5.33. The van der Waals surface area contributed by atoms with Gasteiger partial charge in [-0.05, 0) is 50.3 Å². The number of thioether (sulfide) groups is 1. The number of nitrogens with zero attached hydrogens (tertiary/aromatic N) is 1. The quantitative estimate of drug-likeness (QED) is 0.835. The Morgan fingerprint density at radius 3 is 2.33 bits per heavy atom. The highest BCUT2D eigenvalue weighted by molar-refractivity contribution is 7.98. The van der Waals surface area contributed by atoms with Gasteiger partial charge in [0.05, 0.1) is 5.60 Å². The lowest BCUT2D eigenvalue weighted by Gasteiger charge is -2.35. The molecule has 1 saturated heterocycles. The zero-order valence-electron chi connectivity index (χ0n) is 10.8. The van der Waals surface area contributed by atoms with Gasteiger partial charge in [0.1, 0.15) is 0 Å². The number of benzene rings is 1. The molecular weight excluding hydrogens is 246 g/mol. The third-order valence-electron chi connectivity index (χ3n) is 3.46. The van der Waals surface area contributed by atoms with Gasteiger partial charge in [-0.25, -0.2) is 0 Å². The lowest BCUT2D eigenvalue weighted by molar-refractivity contribution is -0.00202. The summed E-state index contributed by atoms with van der Waals surface area (Å²) >= 11 is 1.67. The van der Waals surface area contributed by atoms with Crippen LogP contribution in [-0.4, -0.2) is 40.9 Å². The summed E-state index contributed by atoms with van der Waals surface area (Å²) in [6, 6.07) is 7.69. The molecule has 2 rings (SSSR count). The Balaban J connectivity index is 2.03. The minimum Gasteiger partial charge on any atom is -0.390 e. The highest BCUT2D eigenvalue weighted by atomic mass is 32.2. The zero-order valence-corrected chi connectivity index (χ0v) is 11.7. The van der Waals surface area contributed by atoms with Crippen LogP contribution in [0.5, 0.6) is 0 Å². The Bertz CT molecular complexity index is 418. The van der Waals surface area contributed by atoms with Gasteiger partial charge in [-0.3, -0.25) is 4.79 Å². The largest absolute Gasteiger partial charge is 0.390 e. The molecule has 0 aromatic heterocycles. The molecule has 0 saturated carbocycles. The Morgan fingerprint density at radius 1 is 1.28 bits per heavy atom. The van der Waals surface area contributed by atoms with Crippen LogP contribution in [0.1, 0.15) is 30.1 Å². The molecule has 1 heterocycles. The minimum absolute atomic E-state index is 0.0677. The Labute approximate surface area is 112 Å². The monoisotopic (exact) mass is 265 g/mol. The van der Waals surface area contributed by atoms with E-state index in [4.69, 9.17) is 0 Å². The van der Waals surface area contributed by atoms with Crippen molar-refractivity contribution in [2.45, 2.75) is 30.3 Å². The van der Waals surface area contributed by atoms with E-state index in [2.05, 4.69) is 0 Å². The van der Waals surface area contributed by atoms with Crippen LogP contribution in [0.2, 0.25) is 0 Å². The fourth-order valence-electron chi connectivity index (χ4n) is 2.11. The molecule has 0 spiro atoms. The van der Waals surface area contributed by atoms with E-state index in [1.54, 1.807) is 11.8 Å². The molecule has 1 amide bonds. The first-order valence-electron chi connectivity index (χ1n) is 6.17. The SMILES string of the molecule is CSc1ccc(C(=O)N2CCC(C)(O)CC2)cc1. The van der Waals surface area contributed by atoms with Crippen molar-refractivity contribution in [1.29, 1.82) is 0 Å². The standard InChI is InChI=1S/C14H19NO2S/c1-14(17)7-9-15(10-8-14)13(16)11-3-5-12(18-2)6-4-11/h3-6,17H,7-10H2,1-2H3. The van der Waals surface area contributed by atoms with Gasteiger partial charge in [0.15, 0.2) is 0 Å². The third-order valence-corrected chi connectivity index (χ3v) is 4.21. The molecule has 0 bridgehead atoms. The number of hydrogen-bond donors (Lipinski definition) is 1. The maximum absolute atomic E-state index is 12.2. The van der Waals surface area contributed by atoms with Crippen LogP contribution in [0.15, 0.2) is 29.2 Å². The molecule has 1 aliphatic heterocycles. The van der Waals surface area contributed by atoms with Crippen molar-refractivity contribution in [1.82, 2.24) is 4.90 Å². The molecular formula is C14H19NO2S. The van der Waals surface area contributed by atoms with E-state index < -0.39 is 5.60 Å². The molecule has 0 radical (unpaired) electrons. The van der Waals surface area contributed by atoms with Crippen LogP contribution >= 0.6 is 11.8 Å². The van der Waals surface area contributed by atoms with Crippen LogP contribution < -0.4 is 0 Å². The molecule has 0 aliphatic carbocycles. The highest BCUT2D eigenvalue weighted by Gasteiger charge is 2.29. The number of amides is 1. The summed E-state index contributed by atoms with van der Waals surface area (Å²) in [6.45, 7) is 3.11. The smallest absolute Gasteiger partial charge is 0.253 e. The van der Waals surface area contributed by atoms with E-state index in [1.165, 1.54) is 0 Å². The zero-order chi connectivity index (χ0) is 13.2. The Morgan fingerprint density at radius 2 is 1.83 bits per heavy atom. The van der Waals surface area contributed by atoms with Crippen molar-refractivity contribution in [3.63, 3.8) is 0 Å². The van der Waals surface area contributed by atoms with Crippen molar-refractivity contribution in [2.75, 3.05) is 19.3 Å². The summed E-state index contributed by atoms with van der Waals surface area (Å²) in [6.07, 6.45) is 3.33. The summed E-state index contributed by atoms with van der Waals surface area (Å²) in [4.78, 5) is 15.2. The summed E-state index contributed by atoms with van der Waals surface area (Å²) in [7, 11) is 0. The first-order valence-corrected chi connectivity index (χ1v) is 7.40. The van der Waals surface area contributed by atoms with Crippen LogP contribution in [0, 0.1) is 0 Å². The predicted octanol–water partition coefficient (Wildman–Crippen LogP) is 2.40. The normalized spacial score (nSPS) is 18.7. The van der Waals surface area contributed by atoms with Crippen molar-refractivity contribution in [2.24, 2.45) is 0 Å². The second-order valence-electron chi connectivity index (χ2n) is 5.02. The molecule has 18 heavy (non-hydrogen) atoms. The van der Waals surface area contributed by atoms with E-state index in [0.717, 1.165) is 10.5 Å². The van der Waals surface area contributed by atoms with Gasteiger partial charge in [0.25, 0.3) is 5.91 Å². The van der Waals surface area contributed by atoms with E-state index in [0.29, 0.717) is 25.9 Å². The van der Waals surface area contributed by atoms with E-state index in [-0.39, 0.29) is 5.91 Å². The highest BCUT2D eigenvalue weighted by Crippen LogP contribution is 2.23. The molecule has 3 nitrogen and oxygen atoms in total. The molecule has 0 atom stereocenters. The van der Waals surface area contributed by atoms with E-state index >= 15 is 0 Å². The van der Waals surface area contributed by atoms with Gasteiger partial charge in [-0.1, -0.05) is 0 Å². The Hall–Kier alpha value is -1.00. The van der Waals surface area contributed by atoms with Gasteiger partial charge in [0, 0.05) is 23.5 Å². The molecule has 4 heteroatoms. The number of aliphatic hydroxyl groups is 1. The maximum atomic E-state index is 12.2. The van der Waals surface area contributed by atoms with E-state index in [9.17, 15) is 9.90 Å². The number of rotatable bonds is 2. The van der Waals surface area contributed by atoms with Gasteiger partial charge in [-0.2, -0.15) is 0 Å². The van der Waals surface area contributed by atoms with Crippen LogP contribution in [0.3, 0.4) is 0 Å². The van der Waals surface area contributed by atoms with E-state index in [1.807, 2.05) is 42.3 Å². The van der Waals surface area contributed by atoms with Crippen molar-refractivity contribution < 1.29 is 9.90 Å². The van der Waals surface area contributed by atoms with Crippen LogP contribution in [-0.2, 0) is 0 Å². The minimum atomic E-state index is -0.612. The van der Waals surface area contributed by atoms with Gasteiger partial charge >= 0.3 is 0 Å². The number of piperidine rings is 1. The molecule has 1 aromatic carbocycles. The molecule has 1 fully saturated rings.